The van der Waals surface area contributed by atoms with E-state index in [0.29, 0.717) is 31.8 Å². The molecule has 2 aromatic carbocycles. The summed E-state index contributed by atoms with van der Waals surface area (Å²) < 4.78 is 85.8. The topological polar surface area (TPSA) is 70.1 Å². The lowest BCUT2D eigenvalue weighted by Crippen LogP contribution is -2.58. The average molecular weight is 516 g/mol. The highest BCUT2D eigenvalue weighted by Gasteiger charge is 2.54. The molecule has 0 saturated carbocycles. The molecule has 2 aliphatic heterocycles. The number of likely N-dealkylation sites (tertiary alicyclic amines) is 1. The number of carboxylic acid groups (broad SMARTS) is 1. The Kier molecular flexibility index (Phi) is 6.78. The third kappa shape index (κ3) is 5.19. The first-order chi connectivity index (χ1) is 16.8. The van der Waals surface area contributed by atoms with Crippen molar-refractivity contribution >= 4 is 11.9 Å². The van der Waals surface area contributed by atoms with E-state index in [1.165, 1.54) is 0 Å². The normalized spacial score (nSPS) is 20.6. The zero-order valence-corrected chi connectivity index (χ0v) is 18.8. The standard InChI is InChI=1S/C24H22F6N2O4/c25-23(26,27)17-10-16(11-18(12-17)24(28,29)30)20(33)32-19(21(34)35)14-36-22(32)6-8-31(9-7-22)13-15-4-2-1-3-5-15/h1-5,10-12,19H,6-9,13-14H2,(H,34,35). The molecule has 1 amide bonds. The van der Waals surface area contributed by atoms with Gasteiger partial charge in [-0.2, -0.15) is 26.3 Å². The molecule has 1 N–H and O–H groups in total. The van der Waals surface area contributed by atoms with Crippen LogP contribution in [0.25, 0.3) is 0 Å². The average Bonchev–Trinajstić information content (AvgIpc) is 3.18. The second-order valence-electron chi connectivity index (χ2n) is 8.84. The number of hydrogen-bond donors (Lipinski definition) is 1. The number of hydrogen-bond acceptors (Lipinski definition) is 4. The molecule has 0 aromatic heterocycles. The maximum Gasteiger partial charge on any atom is 0.416 e. The highest BCUT2D eigenvalue weighted by atomic mass is 19.4. The van der Waals surface area contributed by atoms with Crippen molar-refractivity contribution in [2.75, 3.05) is 19.7 Å². The number of rotatable bonds is 4. The number of carboxylic acids is 1. The Morgan fingerprint density at radius 1 is 0.944 bits per heavy atom. The molecule has 194 valence electrons. The van der Waals surface area contributed by atoms with E-state index in [0.717, 1.165) is 10.5 Å². The molecule has 1 unspecified atom stereocenters. The maximum absolute atomic E-state index is 13.4. The van der Waals surface area contributed by atoms with E-state index in [2.05, 4.69) is 0 Å². The van der Waals surface area contributed by atoms with Crippen molar-refractivity contribution in [3.05, 3.63) is 70.8 Å². The van der Waals surface area contributed by atoms with Crippen LogP contribution < -0.4 is 0 Å². The van der Waals surface area contributed by atoms with Crippen molar-refractivity contribution in [1.82, 2.24) is 9.80 Å². The summed E-state index contributed by atoms with van der Waals surface area (Å²) in [5, 5.41) is 9.66. The van der Waals surface area contributed by atoms with Crippen LogP contribution in [-0.4, -0.2) is 58.2 Å². The molecule has 2 heterocycles. The van der Waals surface area contributed by atoms with Gasteiger partial charge in [0, 0.05) is 38.0 Å². The number of carbonyl (C=O) groups excluding carboxylic acids is 1. The fraction of sp³-hybridized carbons (Fsp3) is 0.417. The number of alkyl halides is 6. The van der Waals surface area contributed by atoms with Gasteiger partial charge in [-0.25, -0.2) is 4.79 Å². The summed E-state index contributed by atoms with van der Waals surface area (Å²) in [5.74, 6) is -2.72. The number of piperidine rings is 1. The highest BCUT2D eigenvalue weighted by Crippen LogP contribution is 2.41. The van der Waals surface area contributed by atoms with Crippen LogP contribution in [0.4, 0.5) is 26.3 Å². The fourth-order valence-electron chi connectivity index (χ4n) is 4.68. The molecular formula is C24H22F6N2O4. The first-order valence-electron chi connectivity index (χ1n) is 11.1. The molecule has 0 aliphatic carbocycles. The van der Waals surface area contributed by atoms with Gasteiger partial charge >= 0.3 is 18.3 Å². The summed E-state index contributed by atoms with van der Waals surface area (Å²) in [4.78, 5) is 28.1. The van der Waals surface area contributed by atoms with Crippen molar-refractivity contribution in [2.45, 2.75) is 43.5 Å². The molecule has 2 fully saturated rings. The lowest BCUT2D eigenvalue weighted by molar-refractivity contribution is -0.145. The predicted octanol–water partition coefficient (Wildman–Crippen LogP) is 4.64. The van der Waals surface area contributed by atoms with Crippen LogP contribution in [-0.2, 0) is 28.4 Å². The molecule has 12 heteroatoms. The molecule has 36 heavy (non-hydrogen) atoms. The number of ether oxygens (including phenoxy) is 1. The quantitative estimate of drug-likeness (QED) is 0.600. The van der Waals surface area contributed by atoms with Gasteiger partial charge in [0.05, 0.1) is 17.7 Å². The van der Waals surface area contributed by atoms with Crippen LogP contribution in [0.2, 0.25) is 0 Å². The Morgan fingerprint density at radius 2 is 1.50 bits per heavy atom. The van der Waals surface area contributed by atoms with Crippen molar-refractivity contribution in [3.63, 3.8) is 0 Å². The number of aliphatic carboxylic acids is 1. The summed E-state index contributed by atoms with van der Waals surface area (Å²) in [6, 6.07) is 8.48. The van der Waals surface area contributed by atoms with E-state index in [9.17, 15) is 41.0 Å². The smallest absolute Gasteiger partial charge is 0.416 e. The lowest BCUT2D eigenvalue weighted by Gasteiger charge is -2.44. The zero-order chi connectivity index (χ0) is 26.3. The van der Waals surface area contributed by atoms with E-state index < -0.39 is 59.3 Å². The second-order valence-corrected chi connectivity index (χ2v) is 8.84. The molecular weight excluding hydrogens is 494 g/mol. The molecule has 0 bridgehead atoms. The van der Waals surface area contributed by atoms with Gasteiger partial charge in [0.1, 0.15) is 5.72 Å². The van der Waals surface area contributed by atoms with E-state index in [1.54, 1.807) is 0 Å². The zero-order valence-electron chi connectivity index (χ0n) is 18.8. The Bertz CT molecular complexity index is 1100. The number of amides is 1. The van der Waals surface area contributed by atoms with Gasteiger partial charge in [0.2, 0.25) is 0 Å². The van der Waals surface area contributed by atoms with E-state index in [1.807, 2.05) is 35.2 Å². The summed E-state index contributed by atoms with van der Waals surface area (Å²) in [5.41, 5.74) is -4.64. The first-order valence-corrected chi connectivity index (χ1v) is 11.1. The van der Waals surface area contributed by atoms with Gasteiger partial charge in [-0.1, -0.05) is 30.3 Å². The molecule has 1 atom stereocenters. The van der Waals surface area contributed by atoms with Gasteiger partial charge < -0.3 is 9.84 Å². The van der Waals surface area contributed by atoms with Crippen LogP contribution in [0, 0.1) is 0 Å². The van der Waals surface area contributed by atoms with Gasteiger partial charge in [-0.3, -0.25) is 14.6 Å². The molecule has 6 nitrogen and oxygen atoms in total. The number of carbonyl (C=O) groups is 2. The molecule has 2 aliphatic rings. The van der Waals surface area contributed by atoms with Crippen LogP contribution >= 0.6 is 0 Å². The van der Waals surface area contributed by atoms with Gasteiger partial charge in [-0.15, -0.1) is 0 Å². The summed E-state index contributed by atoms with van der Waals surface area (Å²) >= 11 is 0. The minimum atomic E-state index is -5.15. The Morgan fingerprint density at radius 3 is 2.00 bits per heavy atom. The van der Waals surface area contributed by atoms with E-state index >= 15 is 0 Å². The summed E-state index contributed by atoms with van der Waals surface area (Å²) in [7, 11) is 0. The summed E-state index contributed by atoms with van der Waals surface area (Å²) in [6.45, 7) is 0.906. The summed E-state index contributed by atoms with van der Waals surface area (Å²) in [6.07, 6.45) is -10.0. The number of nitrogens with zero attached hydrogens (tertiary/aromatic N) is 2. The van der Waals surface area contributed by atoms with Crippen molar-refractivity contribution in [1.29, 1.82) is 0 Å². The maximum atomic E-state index is 13.4. The van der Waals surface area contributed by atoms with Crippen molar-refractivity contribution in [3.8, 4) is 0 Å². The van der Waals surface area contributed by atoms with Gasteiger partial charge in [-0.05, 0) is 23.8 Å². The third-order valence-corrected chi connectivity index (χ3v) is 6.49. The van der Waals surface area contributed by atoms with E-state index in [-0.39, 0.29) is 18.9 Å². The second kappa shape index (κ2) is 9.40. The molecule has 2 saturated heterocycles. The monoisotopic (exact) mass is 516 g/mol. The van der Waals surface area contributed by atoms with Gasteiger partial charge in [0.25, 0.3) is 5.91 Å². The lowest BCUT2D eigenvalue weighted by atomic mass is 9.95. The van der Waals surface area contributed by atoms with Crippen molar-refractivity contribution < 1.29 is 45.8 Å². The molecule has 1 spiro atoms. The Hall–Kier alpha value is -3.12. The molecule has 2 aromatic rings. The Labute approximate surface area is 202 Å². The van der Waals surface area contributed by atoms with Crippen molar-refractivity contribution in [2.24, 2.45) is 0 Å². The minimum Gasteiger partial charge on any atom is -0.480 e. The number of benzene rings is 2. The van der Waals surface area contributed by atoms with Crippen LogP contribution in [0.1, 0.15) is 39.9 Å². The minimum absolute atomic E-state index is 0.0796. The molecule has 0 radical (unpaired) electrons. The molecule has 4 rings (SSSR count). The predicted molar refractivity (Wildman–Crippen MR) is 114 cm³/mol. The number of halogens is 6. The van der Waals surface area contributed by atoms with Crippen LogP contribution in [0.5, 0.6) is 0 Å². The largest absolute Gasteiger partial charge is 0.480 e. The third-order valence-electron chi connectivity index (χ3n) is 6.49. The highest BCUT2D eigenvalue weighted by molar-refractivity contribution is 5.98. The van der Waals surface area contributed by atoms with E-state index in [4.69, 9.17) is 4.74 Å². The Balaban J connectivity index is 1.65. The fourth-order valence-corrected chi connectivity index (χ4v) is 4.68. The van der Waals surface area contributed by atoms with Gasteiger partial charge in [0.15, 0.2) is 6.04 Å². The first kappa shape index (κ1) is 26.0. The van der Waals surface area contributed by atoms with Crippen LogP contribution in [0.15, 0.2) is 48.5 Å². The SMILES string of the molecule is O=C(O)C1COC2(CCN(Cc3ccccc3)CC2)N1C(=O)c1cc(C(F)(F)F)cc(C(F)(F)F)c1. The van der Waals surface area contributed by atoms with Crippen LogP contribution in [0.3, 0.4) is 0 Å².